The van der Waals surface area contributed by atoms with Crippen LogP contribution in [0.4, 0.5) is 4.79 Å². The average molecular weight is 295 g/mol. The molecule has 0 saturated heterocycles. The molecular weight excluding hydrogens is 274 g/mol. The Balaban J connectivity index is 2.51. The number of hydrogen-bond donors (Lipinski definition) is 3. The van der Waals surface area contributed by atoms with Gasteiger partial charge in [0.15, 0.2) is 0 Å². The third kappa shape index (κ3) is 6.60. The molecule has 0 aromatic carbocycles. The standard InChI is InChI=1S/C14H21N3O4/c1-9(16-13(20)21-14(2,3)4)6-5-7-10-8-15-12(19)17-11(10)18/h5,7-9H,6H2,1-4H3,(H,16,20)(H2,15,17,18,19)/b7-5+/t9-/m0/s1. The van der Waals surface area contributed by atoms with Crippen LogP contribution in [0.5, 0.6) is 0 Å². The van der Waals surface area contributed by atoms with E-state index < -0.39 is 22.9 Å². The highest BCUT2D eigenvalue weighted by Gasteiger charge is 2.17. The van der Waals surface area contributed by atoms with Gasteiger partial charge >= 0.3 is 11.8 Å². The van der Waals surface area contributed by atoms with Gasteiger partial charge in [-0.2, -0.15) is 0 Å². The van der Waals surface area contributed by atoms with Gasteiger partial charge in [-0.05, 0) is 34.1 Å². The summed E-state index contributed by atoms with van der Waals surface area (Å²) in [5, 5.41) is 2.69. The molecule has 0 aliphatic heterocycles. The summed E-state index contributed by atoms with van der Waals surface area (Å²) in [6.07, 6.45) is 4.71. The number of nitrogens with one attached hydrogen (secondary N) is 3. The van der Waals surface area contributed by atoms with Crippen LogP contribution >= 0.6 is 0 Å². The van der Waals surface area contributed by atoms with Crippen molar-refractivity contribution < 1.29 is 9.53 Å². The van der Waals surface area contributed by atoms with Crippen LogP contribution in [0, 0.1) is 0 Å². The molecule has 1 amide bonds. The van der Waals surface area contributed by atoms with Gasteiger partial charge in [-0.3, -0.25) is 9.78 Å². The summed E-state index contributed by atoms with van der Waals surface area (Å²) in [7, 11) is 0. The predicted molar refractivity (Wildman–Crippen MR) is 80.2 cm³/mol. The van der Waals surface area contributed by atoms with E-state index in [1.165, 1.54) is 6.20 Å². The van der Waals surface area contributed by atoms with Crippen molar-refractivity contribution in [1.82, 2.24) is 15.3 Å². The summed E-state index contributed by atoms with van der Waals surface area (Å²) >= 11 is 0. The molecule has 0 fully saturated rings. The first kappa shape index (κ1) is 16.7. The lowest BCUT2D eigenvalue weighted by molar-refractivity contribution is 0.0509. The van der Waals surface area contributed by atoms with E-state index in [2.05, 4.69) is 15.3 Å². The molecule has 0 spiro atoms. The Morgan fingerprint density at radius 1 is 1.43 bits per heavy atom. The Morgan fingerprint density at radius 3 is 2.67 bits per heavy atom. The first-order valence-electron chi connectivity index (χ1n) is 6.65. The van der Waals surface area contributed by atoms with Crippen molar-refractivity contribution in [2.45, 2.75) is 45.8 Å². The number of hydrogen-bond acceptors (Lipinski definition) is 4. The van der Waals surface area contributed by atoms with E-state index in [9.17, 15) is 14.4 Å². The number of aromatic nitrogens is 2. The molecule has 0 aliphatic carbocycles. The fourth-order valence-corrected chi connectivity index (χ4v) is 1.51. The Hall–Kier alpha value is -2.31. The number of carbonyl (C=O) groups excluding carboxylic acids is 1. The van der Waals surface area contributed by atoms with Gasteiger partial charge in [0.1, 0.15) is 5.60 Å². The summed E-state index contributed by atoms with van der Waals surface area (Å²) in [5.74, 6) is 0. The summed E-state index contributed by atoms with van der Waals surface area (Å²) in [4.78, 5) is 38.4. The van der Waals surface area contributed by atoms with Gasteiger partial charge in [0, 0.05) is 12.2 Å². The molecule has 0 aliphatic rings. The number of H-pyrrole nitrogens is 2. The third-order valence-corrected chi connectivity index (χ3v) is 2.40. The quantitative estimate of drug-likeness (QED) is 0.780. The number of aromatic amines is 2. The molecule has 0 radical (unpaired) electrons. The predicted octanol–water partition coefficient (Wildman–Crippen LogP) is 1.38. The summed E-state index contributed by atoms with van der Waals surface area (Å²) < 4.78 is 5.14. The fourth-order valence-electron chi connectivity index (χ4n) is 1.51. The number of carbonyl (C=O) groups is 1. The van der Waals surface area contributed by atoms with Crippen LogP contribution in [-0.2, 0) is 4.74 Å². The molecule has 116 valence electrons. The topological polar surface area (TPSA) is 104 Å². The summed E-state index contributed by atoms with van der Waals surface area (Å²) in [6, 6.07) is -0.141. The van der Waals surface area contributed by atoms with Gasteiger partial charge < -0.3 is 15.0 Å². The van der Waals surface area contributed by atoms with E-state index in [0.29, 0.717) is 12.0 Å². The van der Waals surface area contributed by atoms with E-state index in [-0.39, 0.29) is 6.04 Å². The molecule has 0 unspecified atom stereocenters. The van der Waals surface area contributed by atoms with Crippen molar-refractivity contribution >= 4 is 12.2 Å². The smallest absolute Gasteiger partial charge is 0.407 e. The second-order valence-corrected chi connectivity index (χ2v) is 5.71. The van der Waals surface area contributed by atoms with Gasteiger partial charge in [-0.15, -0.1) is 0 Å². The Bertz CT molecular complexity index is 622. The van der Waals surface area contributed by atoms with Gasteiger partial charge in [-0.1, -0.05) is 12.2 Å². The minimum atomic E-state index is -0.544. The maximum atomic E-state index is 11.5. The number of amides is 1. The van der Waals surface area contributed by atoms with Gasteiger partial charge in [0.2, 0.25) is 0 Å². The molecule has 1 aromatic heterocycles. The molecule has 7 heteroatoms. The van der Waals surface area contributed by atoms with Crippen molar-refractivity contribution in [3.8, 4) is 0 Å². The largest absolute Gasteiger partial charge is 0.444 e. The van der Waals surface area contributed by atoms with Gasteiger partial charge in [-0.25, -0.2) is 9.59 Å². The highest BCUT2D eigenvalue weighted by molar-refractivity contribution is 5.68. The van der Waals surface area contributed by atoms with Crippen molar-refractivity contribution in [2.75, 3.05) is 0 Å². The Kier molecular flexibility index (Phi) is 5.52. The first-order valence-corrected chi connectivity index (χ1v) is 6.65. The zero-order chi connectivity index (χ0) is 16.0. The Morgan fingerprint density at radius 2 is 2.10 bits per heavy atom. The second kappa shape index (κ2) is 6.92. The summed E-state index contributed by atoms with van der Waals surface area (Å²) in [5.41, 5.74) is -1.19. The van der Waals surface area contributed by atoms with E-state index >= 15 is 0 Å². The molecule has 1 atom stereocenters. The molecule has 3 N–H and O–H groups in total. The minimum Gasteiger partial charge on any atom is -0.444 e. The number of rotatable bonds is 4. The van der Waals surface area contributed by atoms with Crippen LogP contribution in [0.15, 0.2) is 21.9 Å². The molecule has 21 heavy (non-hydrogen) atoms. The van der Waals surface area contributed by atoms with Crippen molar-refractivity contribution in [1.29, 1.82) is 0 Å². The maximum Gasteiger partial charge on any atom is 0.407 e. The average Bonchev–Trinajstić information content (AvgIpc) is 2.29. The second-order valence-electron chi connectivity index (χ2n) is 5.71. The lowest BCUT2D eigenvalue weighted by Gasteiger charge is -2.21. The van der Waals surface area contributed by atoms with Crippen molar-refractivity contribution in [3.05, 3.63) is 38.7 Å². The first-order chi connectivity index (χ1) is 9.67. The van der Waals surface area contributed by atoms with E-state index in [4.69, 9.17) is 4.74 Å². The fraction of sp³-hybridized carbons (Fsp3) is 0.500. The van der Waals surface area contributed by atoms with Crippen LogP contribution in [0.1, 0.15) is 39.7 Å². The number of ether oxygens (including phenoxy) is 1. The normalized spacial score (nSPS) is 13.1. The highest BCUT2D eigenvalue weighted by atomic mass is 16.6. The van der Waals surface area contributed by atoms with E-state index in [1.807, 2.05) is 6.92 Å². The van der Waals surface area contributed by atoms with Crippen LogP contribution in [0.2, 0.25) is 0 Å². The molecule has 0 bridgehead atoms. The lowest BCUT2D eigenvalue weighted by atomic mass is 10.2. The minimum absolute atomic E-state index is 0.141. The third-order valence-electron chi connectivity index (χ3n) is 2.40. The SMILES string of the molecule is C[C@@H](C/C=C/c1c[nH]c(=O)[nH]c1=O)NC(=O)OC(C)(C)C. The van der Waals surface area contributed by atoms with Crippen molar-refractivity contribution in [3.63, 3.8) is 0 Å². The van der Waals surface area contributed by atoms with Crippen LogP contribution in [0.3, 0.4) is 0 Å². The molecular formula is C14H21N3O4. The Labute approximate surface area is 122 Å². The zero-order valence-electron chi connectivity index (χ0n) is 12.6. The maximum absolute atomic E-state index is 11.5. The lowest BCUT2D eigenvalue weighted by Crippen LogP contribution is -2.37. The van der Waals surface area contributed by atoms with Crippen molar-refractivity contribution in [2.24, 2.45) is 0 Å². The van der Waals surface area contributed by atoms with Crippen LogP contribution in [0.25, 0.3) is 6.08 Å². The monoisotopic (exact) mass is 295 g/mol. The zero-order valence-corrected chi connectivity index (χ0v) is 12.6. The summed E-state index contributed by atoms with van der Waals surface area (Å²) in [6.45, 7) is 7.20. The van der Waals surface area contributed by atoms with Crippen LogP contribution < -0.4 is 16.6 Å². The van der Waals surface area contributed by atoms with E-state index in [0.717, 1.165) is 0 Å². The highest BCUT2D eigenvalue weighted by Crippen LogP contribution is 2.07. The number of alkyl carbamates (subject to hydrolysis) is 1. The van der Waals surface area contributed by atoms with Gasteiger partial charge in [0.05, 0.1) is 5.56 Å². The van der Waals surface area contributed by atoms with Gasteiger partial charge in [0.25, 0.3) is 5.56 Å². The molecule has 0 saturated carbocycles. The molecule has 1 rings (SSSR count). The molecule has 1 aromatic rings. The molecule has 7 nitrogen and oxygen atoms in total. The van der Waals surface area contributed by atoms with E-state index in [1.54, 1.807) is 32.9 Å². The van der Waals surface area contributed by atoms with Crippen LogP contribution in [-0.4, -0.2) is 27.7 Å². The molecule has 1 heterocycles.